The van der Waals surface area contributed by atoms with E-state index < -0.39 is 5.97 Å². The molecule has 0 atom stereocenters. The number of benzene rings is 1. The van der Waals surface area contributed by atoms with Gasteiger partial charge in [0.25, 0.3) is 0 Å². The van der Waals surface area contributed by atoms with E-state index in [1.165, 1.54) is 18.0 Å². The van der Waals surface area contributed by atoms with Crippen LogP contribution in [0.5, 0.6) is 5.75 Å². The molecule has 0 aliphatic carbocycles. The van der Waals surface area contributed by atoms with Gasteiger partial charge in [-0.25, -0.2) is 4.98 Å². The first kappa shape index (κ1) is 18.6. The van der Waals surface area contributed by atoms with Crippen molar-refractivity contribution in [2.24, 2.45) is 0 Å². The Kier molecular flexibility index (Phi) is 5.74. The summed E-state index contributed by atoms with van der Waals surface area (Å²) in [5, 5.41) is 8.76. The minimum atomic E-state index is -0.930. The summed E-state index contributed by atoms with van der Waals surface area (Å²) in [4.78, 5) is 18.9. The molecule has 2 aromatic rings. The maximum atomic E-state index is 10.7. The van der Waals surface area contributed by atoms with Gasteiger partial charge >= 0.3 is 5.97 Å². The van der Waals surface area contributed by atoms with Crippen molar-refractivity contribution in [2.75, 3.05) is 19.1 Å². The number of fused-ring (bicyclic) bond motifs is 1. The Morgan fingerprint density at radius 3 is 2.73 bits per heavy atom. The van der Waals surface area contributed by atoms with Crippen LogP contribution in [0.3, 0.4) is 0 Å². The van der Waals surface area contributed by atoms with Crippen molar-refractivity contribution in [1.29, 1.82) is 0 Å². The Bertz CT molecular complexity index is 869. The van der Waals surface area contributed by atoms with Gasteiger partial charge in [0.2, 0.25) is 0 Å². The van der Waals surface area contributed by atoms with Crippen molar-refractivity contribution in [3.8, 4) is 17.6 Å². The third-order valence-corrected chi connectivity index (χ3v) is 7.28. The molecule has 2 heterocycles. The molecule has 0 fully saturated rings. The number of thioether (sulfide) groups is 2. The van der Waals surface area contributed by atoms with Gasteiger partial charge in [-0.1, -0.05) is 5.92 Å². The second-order valence-electron chi connectivity index (χ2n) is 5.68. The van der Waals surface area contributed by atoms with Gasteiger partial charge in [-0.2, -0.15) is 0 Å². The number of rotatable bonds is 4. The zero-order chi connectivity index (χ0) is 18.6. The van der Waals surface area contributed by atoms with Crippen molar-refractivity contribution in [2.45, 2.75) is 16.9 Å². The van der Waals surface area contributed by atoms with E-state index in [1.807, 2.05) is 35.7 Å². The molecule has 0 radical (unpaired) electrons. The van der Waals surface area contributed by atoms with Crippen LogP contribution >= 0.6 is 23.5 Å². The van der Waals surface area contributed by atoms with Crippen LogP contribution < -0.4 is 4.74 Å². The molecule has 1 aliphatic rings. The fraction of sp³-hybridized carbons (Fsp3) is 0.316. The first-order valence-corrected chi connectivity index (χ1v) is 10.4. The summed E-state index contributed by atoms with van der Waals surface area (Å²) in [6, 6.07) is 6.00. The van der Waals surface area contributed by atoms with Gasteiger partial charge in [-0.3, -0.25) is 9.78 Å². The summed E-state index contributed by atoms with van der Waals surface area (Å²) < 4.78 is 5.79. The second kappa shape index (κ2) is 8.02. The number of aliphatic carboxylic acids is 1. The highest BCUT2D eigenvalue weighted by Crippen LogP contribution is 2.52. The zero-order valence-electron chi connectivity index (χ0n) is 14.5. The first-order chi connectivity index (χ1) is 12.6. The van der Waals surface area contributed by atoms with Gasteiger partial charge in [-0.15, -0.1) is 23.5 Å². The molecular formula is C19H18N2O3S2. The Balaban J connectivity index is 1.86. The van der Waals surface area contributed by atoms with E-state index in [0.29, 0.717) is 11.4 Å². The fourth-order valence-electron chi connectivity index (χ4n) is 2.77. The van der Waals surface area contributed by atoms with E-state index in [9.17, 15) is 4.79 Å². The smallest absolute Gasteiger partial charge is 0.309 e. The molecule has 0 saturated carbocycles. The number of nitrogens with zero attached hydrogens (tertiary/aromatic N) is 2. The normalized spacial score (nSPS) is 14.5. The molecule has 0 saturated heterocycles. The van der Waals surface area contributed by atoms with Gasteiger partial charge in [0.15, 0.2) is 0 Å². The number of carboxylic acid groups (broad SMARTS) is 1. The summed E-state index contributed by atoms with van der Waals surface area (Å²) in [6.45, 7) is 0.720. The molecule has 0 amide bonds. The third-order valence-electron chi connectivity index (χ3n) is 4.11. The highest BCUT2D eigenvalue weighted by Gasteiger charge is 2.36. The Morgan fingerprint density at radius 2 is 2.08 bits per heavy atom. The minimum absolute atomic E-state index is 0.0104. The monoisotopic (exact) mass is 386 g/mol. The first-order valence-electron chi connectivity index (χ1n) is 7.98. The van der Waals surface area contributed by atoms with E-state index in [4.69, 9.17) is 9.84 Å². The maximum Gasteiger partial charge on any atom is 0.309 e. The summed E-state index contributed by atoms with van der Waals surface area (Å²) in [7, 11) is 0. The quantitative estimate of drug-likeness (QED) is 0.639. The molecule has 0 spiro atoms. The molecule has 26 heavy (non-hydrogen) atoms. The van der Waals surface area contributed by atoms with Gasteiger partial charge in [0, 0.05) is 17.5 Å². The highest BCUT2D eigenvalue weighted by atomic mass is 32.2. The van der Waals surface area contributed by atoms with Crippen LogP contribution in [0, 0.1) is 11.8 Å². The van der Waals surface area contributed by atoms with Crippen molar-refractivity contribution >= 4 is 29.5 Å². The minimum Gasteiger partial charge on any atom is -0.493 e. The molecule has 1 aromatic heterocycles. The van der Waals surface area contributed by atoms with E-state index >= 15 is 0 Å². The van der Waals surface area contributed by atoms with Gasteiger partial charge in [0.05, 0.1) is 35.2 Å². The van der Waals surface area contributed by atoms with Crippen LogP contribution in [0.15, 0.2) is 30.6 Å². The lowest BCUT2D eigenvalue weighted by atomic mass is 10.0. The highest BCUT2D eigenvalue weighted by molar-refractivity contribution is 8.16. The molecule has 0 bridgehead atoms. The second-order valence-corrected chi connectivity index (χ2v) is 8.15. The maximum absolute atomic E-state index is 10.7. The van der Waals surface area contributed by atoms with Crippen molar-refractivity contribution in [3.05, 3.63) is 53.1 Å². The predicted octanol–water partition coefficient (Wildman–Crippen LogP) is 3.16. The third kappa shape index (κ3) is 3.97. The van der Waals surface area contributed by atoms with E-state index in [0.717, 1.165) is 24.3 Å². The molecule has 1 N–H and O–H groups in total. The number of ether oxygens (including phenoxy) is 1. The number of hydrogen-bond donors (Lipinski definition) is 1. The molecule has 1 aliphatic heterocycles. The van der Waals surface area contributed by atoms with Gasteiger partial charge < -0.3 is 9.84 Å². The van der Waals surface area contributed by atoms with Crippen LogP contribution in [0.1, 0.15) is 28.9 Å². The topological polar surface area (TPSA) is 72.3 Å². The van der Waals surface area contributed by atoms with Crippen molar-refractivity contribution in [1.82, 2.24) is 9.97 Å². The van der Waals surface area contributed by atoms with E-state index in [1.54, 1.807) is 0 Å². The SMILES string of the molecule is CSC1(SC)CCOc2ccc(C#Cc3cnc(CC(=O)O)cn3)cc21. The largest absolute Gasteiger partial charge is 0.493 e. The van der Waals surface area contributed by atoms with E-state index in [-0.39, 0.29) is 10.5 Å². The zero-order valence-corrected chi connectivity index (χ0v) is 16.1. The number of carboxylic acids is 1. The molecular weight excluding hydrogens is 368 g/mol. The van der Waals surface area contributed by atoms with Crippen LogP contribution in [0.4, 0.5) is 0 Å². The van der Waals surface area contributed by atoms with Gasteiger partial charge in [-0.05, 0) is 36.6 Å². The molecule has 5 nitrogen and oxygen atoms in total. The van der Waals surface area contributed by atoms with Crippen molar-refractivity contribution in [3.63, 3.8) is 0 Å². The van der Waals surface area contributed by atoms with Gasteiger partial charge in [0.1, 0.15) is 11.4 Å². The predicted molar refractivity (Wildman–Crippen MR) is 105 cm³/mol. The fourth-order valence-corrected chi connectivity index (χ4v) is 4.77. The Labute approximate surface area is 161 Å². The van der Waals surface area contributed by atoms with Crippen molar-refractivity contribution < 1.29 is 14.6 Å². The standard InChI is InChI=1S/C19H18N2O3S2/c1-25-19(26-2)7-8-24-17-6-4-13(9-16(17)19)3-5-14-11-21-15(12-20-14)10-18(22)23/h4,6,9,11-12H,7-8,10H2,1-2H3,(H,22,23). The summed E-state index contributed by atoms with van der Waals surface area (Å²) in [5.74, 6) is 6.09. The lowest BCUT2D eigenvalue weighted by Gasteiger charge is -2.36. The van der Waals surface area contributed by atoms with Crippen LogP contribution in [-0.4, -0.2) is 40.2 Å². The molecule has 134 valence electrons. The Morgan fingerprint density at radius 1 is 1.27 bits per heavy atom. The van der Waals surface area contributed by atoms with Crippen LogP contribution in [0.2, 0.25) is 0 Å². The average molecular weight is 386 g/mol. The molecule has 3 rings (SSSR count). The molecule has 0 unspecified atom stereocenters. The van der Waals surface area contributed by atoms with E-state index in [2.05, 4.69) is 40.4 Å². The summed E-state index contributed by atoms with van der Waals surface area (Å²) in [6.07, 6.45) is 8.01. The average Bonchev–Trinajstić information content (AvgIpc) is 2.66. The number of hydrogen-bond acceptors (Lipinski definition) is 6. The number of aromatic nitrogens is 2. The van der Waals surface area contributed by atoms with Crippen LogP contribution in [-0.2, 0) is 15.3 Å². The molecule has 1 aromatic carbocycles. The molecule has 7 heteroatoms. The lowest BCUT2D eigenvalue weighted by Crippen LogP contribution is -2.26. The lowest BCUT2D eigenvalue weighted by molar-refractivity contribution is -0.136. The number of carbonyl (C=O) groups is 1. The Hall–Kier alpha value is -2.17. The summed E-state index contributed by atoms with van der Waals surface area (Å²) >= 11 is 3.66. The summed E-state index contributed by atoms with van der Waals surface area (Å²) in [5.41, 5.74) is 2.98. The van der Waals surface area contributed by atoms with Crippen LogP contribution in [0.25, 0.3) is 0 Å².